The number of rotatable bonds is 4. The van der Waals surface area contributed by atoms with Gasteiger partial charge in [0.2, 0.25) is 0 Å². The van der Waals surface area contributed by atoms with Crippen LogP contribution in [0.2, 0.25) is 0 Å². The molecule has 0 saturated heterocycles. The summed E-state index contributed by atoms with van der Waals surface area (Å²) in [6.45, 7) is 1.16. The van der Waals surface area contributed by atoms with Crippen LogP contribution in [0.4, 0.5) is 0 Å². The van der Waals surface area contributed by atoms with E-state index in [2.05, 4.69) is 0 Å². The molecular formula is C14H16N2O. The Morgan fingerprint density at radius 3 is 2.47 bits per heavy atom. The summed E-state index contributed by atoms with van der Waals surface area (Å²) in [7, 11) is 0. The molecule has 0 aliphatic rings. The van der Waals surface area contributed by atoms with Crippen LogP contribution in [0.25, 0.3) is 0 Å². The molecule has 0 unspecified atom stereocenters. The molecule has 3 nitrogen and oxygen atoms in total. The van der Waals surface area contributed by atoms with E-state index in [0.29, 0.717) is 13.1 Å². The zero-order valence-electron chi connectivity index (χ0n) is 9.67. The Balaban J connectivity index is 2.34. The number of hydrogen-bond donors (Lipinski definition) is 1. The molecular weight excluding hydrogens is 212 g/mol. The average Bonchev–Trinajstić information content (AvgIpc) is 2.35. The highest BCUT2D eigenvalue weighted by Gasteiger charge is 2.03. The van der Waals surface area contributed by atoms with Gasteiger partial charge in [-0.15, -0.1) is 0 Å². The first-order valence-corrected chi connectivity index (χ1v) is 5.74. The Kier molecular flexibility index (Phi) is 3.73. The molecule has 0 aliphatic heterocycles. The second-order valence-electron chi connectivity index (χ2n) is 3.97. The van der Waals surface area contributed by atoms with E-state index in [4.69, 9.17) is 5.73 Å². The van der Waals surface area contributed by atoms with Crippen molar-refractivity contribution in [2.75, 3.05) is 6.54 Å². The van der Waals surface area contributed by atoms with Gasteiger partial charge in [-0.1, -0.05) is 36.4 Å². The van der Waals surface area contributed by atoms with Gasteiger partial charge in [0.05, 0.1) is 6.54 Å². The third-order valence-corrected chi connectivity index (χ3v) is 2.72. The van der Waals surface area contributed by atoms with Crippen LogP contribution in [0.5, 0.6) is 0 Å². The summed E-state index contributed by atoms with van der Waals surface area (Å²) < 4.78 is 1.78. The number of nitrogens with zero attached hydrogens (tertiary/aromatic N) is 1. The van der Waals surface area contributed by atoms with Gasteiger partial charge in [0, 0.05) is 18.2 Å². The lowest BCUT2D eigenvalue weighted by Crippen LogP contribution is -2.24. The highest BCUT2D eigenvalue weighted by molar-refractivity contribution is 5.17. The van der Waals surface area contributed by atoms with Gasteiger partial charge in [0.25, 0.3) is 5.56 Å². The molecule has 0 spiro atoms. The van der Waals surface area contributed by atoms with Crippen molar-refractivity contribution in [1.29, 1.82) is 0 Å². The van der Waals surface area contributed by atoms with Gasteiger partial charge in [-0.3, -0.25) is 4.79 Å². The molecule has 0 saturated carbocycles. The van der Waals surface area contributed by atoms with E-state index in [9.17, 15) is 4.79 Å². The molecule has 2 N–H and O–H groups in total. The van der Waals surface area contributed by atoms with E-state index in [-0.39, 0.29) is 5.56 Å². The van der Waals surface area contributed by atoms with Gasteiger partial charge in [-0.05, 0) is 18.2 Å². The molecule has 0 amide bonds. The minimum atomic E-state index is 0.0276. The van der Waals surface area contributed by atoms with Crippen molar-refractivity contribution in [1.82, 2.24) is 4.57 Å². The van der Waals surface area contributed by atoms with Crippen molar-refractivity contribution >= 4 is 0 Å². The fourth-order valence-electron chi connectivity index (χ4n) is 1.87. The SMILES string of the molecule is NCCc1cccc(=O)n1Cc1ccccc1. The predicted molar refractivity (Wildman–Crippen MR) is 69.0 cm³/mol. The highest BCUT2D eigenvalue weighted by Crippen LogP contribution is 2.04. The van der Waals surface area contributed by atoms with Crippen LogP contribution in [-0.4, -0.2) is 11.1 Å². The van der Waals surface area contributed by atoms with Crippen molar-refractivity contribution in [2.45, 2.75) is 13.0 Å². The third kappa shape index (κ3) is 2.82. The molecule has 0 radical (unpaired) electrons. The number of pyridine rings is 1. The second kappa shape index (κ2) is 5.46. The molecule has 0 aliphatic carbocycles. The molecule has 3 heteroatoms. The van der Waals surface area contributed by atoms with Crippen LogP contribution < -0.4 is 11.3 Å². The summed E-state index contributed by atoms with van der Waals surface area (Å²) in [6, 6.07) is 15.3. The average molecular weight is 228 g/mol. The monoisotopic (exact) mass is 228 g/mol. The first kappa shape index (κ1) is 11.6. The topological polar surface area (TPSA) is 48.0 Å². The molecule has 0 bridgehead atoms. The molecule has 17 heavy (non-hydrogen) atoms. The van der Waals surface area contributed by atoms with Crippen molar-refractivity contribution in [3.8, 4) is 0 Å². The Bertz CT molecular complexity index is 531. The minimum Gasteiger partial charge on any atom is -0.330 e. The van der Waals surface area contributed by atoms with Crippen molar-refractivity contribution in [3.63, 3.8) is 0 Å². The highest BCUT2D eigenvalue weighted by atomic mass is 16.1. The first-order chi connectivity index (χ1) is 8.31. The maximum Gasteiger partial charge on any atom is 0.251 e. The Morgan fingerprint density at radius 2 is 1.76 bits per heavy atom. The fraction of sp³-hybridized carbons (Fsp3) is 0.214. The van der Waals surface area contributed by atoms with Gasteiger partial charge in [0.1, 0.15) is 0 Å². The lowest BCUT2D eigenvalue weighted by Gasteiger charge is -2.11. The van der Waals surface area contributed by atoms with Gasteiger partial charge < -0.3 is 10.3 Å². The summed E-state index contributed by atoms with van der Waals surface area (Å²) in [5, 5.41) is 0. The molecule has 88 valence electrons. The summed E-state index contributed by atoms with van der Waals surface area (Å²) >= 11 is 0. The van der Waals surface area contributed by atoms with Crippen molar-refractivity contribution in [2.24, 2.45) is 5.73 Å². The van der Waals surface area contributed by atoms with E-state index in [1.807, 2.05) is 36.4 Å². The van der Waals surface area contributed by atoms with Gasteiger partial charge >= 0.3 is 0 Å². The lowest BCUT2D eigenvalue weighted by molar-refractivity contribution is 0.696. The summed E-state index contributed by atoms with van der Waals surface area (Å²) in [6.07, 6.45) is 0.725. The van der Waals surface area contributed by atoms with E-state index >= 15 is 0 Å². The van der Waals surface area contributed by atoms with Crippen molar-refractivity contribution < 1.29 is 0 Å². The zero-order valence-corrected chi connectivity index (χ0v) is 9.67. The minimum absolute atomic E-state index is 0.0276. The summed E-state index contributed by atoms with van der Waals surface area (Å²) in [5.41, 5.74) is 7.70. The van der Waals surface area contributed by atoms with E-state index in [1.165, 1.54) is 0 Å². The predicted octanol–water partition coefficient (Wildman–Crippen LogP) is 1.40. The molecule has 0 fully saturated rings. The third-order valence-electron chi connectivity index (χ3n) is 2.72. The number of benzene rings is 1. The van der Waals surface area contributed by atoms with E-state index < -0.39 is 0 Å². The number of nitrogens with two attached hydrogens (primary N) is 1. The maximum atomic E-state index is 11.8. The normalized spacial score (nSPS) is 10.4. The second-order valence-corrected chi connectivity index (χ2v) is 3.97. The summed E-state index contributed by atoms with van der Waals surface area (Å²) in [5.74, 6) is 0. The molecule has 2 aromatic rings. The van der Waals surface area contributed by atoms with E-state index in [1.54, 1.807) is 16.7 Å². The molecule has 2 rings (SSSR count). The van der Waals surface area contributed by atoms with E-state index in [0.717, 1.165) is 17.7 Å². The van der Waals surface area contributed by atoms with Crippen LogP contribution in [0, 0.1) is 0 Å². The van der Waals surface area contributed by atoms with Crippen LogP contribution in [-0.2, 0) is 13.0 Å². The maximum absolute atomic E-state index is 11.8. The molecule has 0 atom stereocenters. The van der Waals surface area contributed by atoms with Crippen LogP contribution >= 0.6 is 0 Å². The first-order valence-electron chi connectivity index (χ1n) is 5.74. The standard InChI is InChI=1S/C14H16N2O/c15-10-9-13-7-4-8-14(17)16(13)11-12-5-2-1-3-6-12/h1-8H,9-11,15H2. The Morgan fingerprint density at radius 1 is 1.00 bits per heavy atom. The quantitative estimate of drug-likeness (QED) is 0.859. The number of aromatic nitrogens is 1. The summed E-state index contributed by atoms with van der Waals surface area (Å²) in [4.78, 5) is 11.8. The van der Waals surface area contributed by atoms with Gasteiger partial charge in [-0.2, -0.15) is 0 Å². The molecule has 1 aromatic carbocycles. The van der Waals surface area contributed by atoms with Gasteiger partial charge in [-0.25, -0.2) is 0 Å². The molecule has 1 heterocycles. The molecule has 1 aromatic heterocycles. The van der Waals surface area contributed by atoms with Gasteiger partial charge in [0.15, 0.2) is 0 Å². The van der Waals surface area contributed by atoms with Crippen molar-refractivity contribution in [3.05, 3.63) is 70.1 Å². The largest absolute Gasteiger partial charge is 0.330 e. The van der Waals surface area contributed by atoms with Crippen LogP contribution in [0.15, 0.2) is 53.3 Å². The zero-order chi connectivity index (χ0) is 12.1. The van der Waals surface area contributed by atoms with Crippen LogP contribution in [0.3, 0.4) is 0 Å². The lowest BCUT2D eigenvalue weighted by atomic mass is 10.2. The Hall–Kier alpha value is -1.87. The Labute approximate surface area is 101 Å². The number of hydrogen-bond acceptors (Lipinski definition) is 2. The fourth-order valence-corrected chi connectivity index (χ4v) is 1.87. The van der Waals surface area contributed by atoms with Crippen LogP contribution in [0.1, 0.15) is 11.3 Å². The smallest absolute Gasteiger partial charge is 0.251 e.